The van der Waals surface area contributed by atoms with Gasteiger partial charge in [-0.25, -0.2) is 0 Å². The first kappa shape index (κ1) is 20.4. The molecule has 0 spiro atoms. The van der Waals surface area contributed by atoms with Crippen molar-refractivity contribution in [1.29, 1.82) is 0 Å². The van der Waals surface area contributed by atoms with Crippen LogP contribution in [-0.4, -0.2) is 16.5 Å². The van der Waals surface area contributed by atoms with Gasteiger partial charge >= 0.3 is 0 Å². The molecule has 0 saturated carbocycles. The molecule has 0 unspecified atom stereocenters. The van der Waals surface area contributed by atoms with E-state index in [2.05, 4.69) is 79.8 Å². The maximum atomic E-state index is 4.95. The van der Waals surface area contributed by atoms with Crippen LogP contribution in [0.2, 0.25) is 0 Å². The van der Waals surface area contributed by atoms with E-state index in [1.807, 2.05) is 0 Å². The topological polar surface area (TPSA) is 12.4 Å². The Balaban J connectivity index is 2.49. The van der Waals surface area contributed by atoms with Crippen LogP contribution in [0.3, 0.4) is 0 Å². The van der Waals surface area contributed by atoms with Crippen LogP contribution in [0.1, 0.15) is 78.4 Å². The summed E-state index contributed by atoms with van der Waals surface area (Å²) >= 11 is 0. The molecule has 1 aliphatic rings. The maximum absolute atomic E-state index is 4.95. The monoisotopic (exact) mass is 357 g/mol. The van der Waals surface area contributed by atoms with Gasteiger partial charge in [0.25, 0.3) is 0 Å². The molecule has 0 fully saturated rings. The minimum atomic E-state index is -0.208. The first-order chi connectivity index (χ1) is 11.5. The zero-order chi connectivity index (χ0) is 18.8. The van der Waals surface area contributed by atoms with Crippen molar-refractivity contribution < 1.29 is 0 Å². The minimum Gasteiger partial charge on any atom is -0.256 e. The Morgan fingerprint density at radius 1 is 0.880 bits per heavy atom. The third-order valence-electron chi connectivity index (χ3n) is 4.88. The van der Waals surface area contributed by atoms with Gasteiger partial charge in [-0.05, 0) is 71.9 Å². The van der Waals surface area contributed by atoms with Gasteiger partial charge in [-0.1, -0.05) is 67.7 Å². The van der Waals surface area contributed by atoms with Gasteiger partial charge in [0.1, 0.15) is 0 Å². The lowest BCUT2D eigenvalue weighted by Gasteiger charge is -2.45. The van der Waals surface area contributed by atoms with Crippen molar-refractivity contribution in [3.63, 3.8) is 0 Å². The van der Waals surface area contributed by atoms with Crippen LogP contribution in [0.4, 0.5) is 5.69 Å². The lowest BCUT2D eigenvalue weighted by Crippen LogP contribution is -2.27. The molecule has 0 heterocycles. The molecule has 2 rings (SSSR count). The first-order valence-electron chi connectivity index (χ1n) is 9.64. The summed E-state index contributed by atoms with van der Waals surface area (Å²) in [6, 6.07) is 6.44. The molecule has 0 radical (unpaired) electrons. The highest BCUT2D eigenvalue weighted by molar-refractivity contribution is 7.65. The first-order valence-corrected chi connectivity index (χ1v) is 11.0. The van der Waals surface area contributed by atoms with Crippen molar-refractivity contribution >= 4 is 19.8 Å². The molecule has 1 aromatic carbocycles. The summed E-state index contributed by atoms with van der Waals surface area (Å²) in [5, 5.41) is 2.38. The predicted octanol–water partition coefficient (Wildman–Crippen LogP) is 7.91. The molecule has 0 aromatic heterocycles. The van der Waals surface area contributed by atoms with E-state index in [0.29, 0.717) is 10.3 Å². The summed E-state index contributed by atoms with van der Waals surface area (Å²) in [6.07, 6.45) is 7.29. The number of hydrogen-bond acceptors (Lipinski definition) is 1. The van der Waals surface area contributed by atoms with E-state index in [0.717, 1.165) is 5.69 Å². The highest BCUT2D eigenvalue weighted by Gasteiger charge is 2.38. The Kier molecular flexibility index (Phi) is 6.31. The number of hydrogen-bond donors (Lipinski definition) is 0. The maximum Gasteiger partial charge on any atom is 0.0688 e. The summed E-state index contributed by atoms with van der Waals surface area (Å²) < 4.78 is 0. The van der Waals surface area contributed by atoms with Crippen LogP contribution in [0.15, 0.2) is 34.1 Å². The summed E-state index contributed by atoms with van der Waals surface area (Å²) in [5.74, 6) is 0. The van der Waals surface area contributed by atoms with E-state index in [9.17, 15) is 0 Å². The number of benzene rings is 1. The summed E-state index contributed by atoms with van der Waals surface area (Å²) in [5.41, 5.74) is 5.20. The zero-order valence-corrected chi connectivity index (χ0v) is 18.4. The third kappa shape index (κ3) is 5.04. The van der Waals surface area contributed by atoms with Crippen molar-refractivity contribution in [2.45, 2.75) is 91.4 Å². The van der Waals surface area contributed by atoms with Crippen LogP contribution >= 0.6 is 7.92 Å². The van der Waals surface area contributed by atoms with Crippen molar-refractivity contribution in [1.82, 2.24) is 0 Å². The molecule has 2 heteroatoms. The number of para-hydroxylation sites is 1. The second kappa shape index (κ2) is 7.75. The Hall–Kier alpha value is -0.940. The van der Waals surface area contributed by atoms with E-state index >= 15 is 0 Å². The number of nitrogens with zero attached hydrogens (tertiary/aromatic N) is 1. The van der Waals surface area contributed by atoms with Crippen molar-refractivity contribution in [2.75, 3.05) is 0 Å². The van der Waals surface area contributed by atoms with Crippen LogP contribution in [-0.2, 0) is 0 Å². The van der Waals surface area contributed by atoms with Gasteiger partial charge in [-0.15, -0.1) is 0 Å². The molecule has 1 aromatic rings. The van der Waals surface area contributed by atoms with Gasteiger partial charge in [0.05, 0.1) is 5.69 Å². The lowest BCUT2D eigenvalue weighted by molar-refractivity contribution is 0.678. The summed E-state index contributed by atoms with van der Waals surface area (Å²) in [4.78, 5) is 4.95. The molecular formula is C23H36NP. The molecule has 0 atom stereocenters. The standard InChI is InChI=1S/C23H36NP/c1-17-12-11-13-18(2)21(17)24-16-19-14-9-10-15-20(19)25(22(3,4)5)23(6,7)8/h11-13,16H,9-10,14-15H2,1-8H3. The third-order valence-corrected chi connectivity index (χ3v) is 8.61. The second-order valence-corrected chi connectivity index (χ2v) is 13.2. The Bertz CT molecular complexity index is 634. The fraction of sp³-hybridized carbons (Fsp3) is 0.609. The van der Waals surface area contributed by atoms with E-state index in [1.54, 1.807) is 5.31 Å². The zero-order valence-electron chi connectivity index (χ0n) is 17.5. The Morgan fingerprint density at radius 3 is 1.92 bits per heavy atom. The highest BCUT2D eigenvalue weighted by atomic mass is 31.1. The largest absolute Gasteiger partial charge is 0.256 e. The molecule has 25 heavy (non-hydrogen) atoms. The molecule has 0 bridgehead atoms. The highest BCUT2D eigenvalue weighted by Crippen LogP contribution is 2.67. The number of aliphatic imine (C=N–C) groups is 1. The molecule has 0 aliphatic heterocycles. The summed E-state index contributed by atoms with van der Waals surface area (Å²) in [6.45, 7) is 18.9. The van der Waals surface area contributed by atoms with Gasteiger partial charge in [-0.3, -0.25) is 4.99 Å². The van der Waals surface area contributed by atoms with Crippen LogP contribution in [0.5, 0.6) is 0 Å². The molecule has 1 aliphatic carbocycles. The van der Waals surface area contributed by atoms with E-state index < -0.39 is 0 Å². The molecular weight excluding hydrogens is 321 g/mol. The fourth-order valence-electron chi connectivity index (χ4n) is 4.27. The Morgan fingerprint density at radius 2 is 1.40 bits per heavy atom. The average Bonchev–Trinajstić information content (AvgIpc) is 2.45. The van der Waals surface area contributed by atoms with E-state index in [4.69, 9.17) is 4.99 Å². The molecule has 0 amide bonds. The van der Waals surface area contributed by atoms with Gasteiger partial charge < -0.3 is 0 Å². The van der Waals surface area contributed by atoms with Crippen molar-refractivity contribution in [2.24, 2.45) is 4.99 Å². The second-order valence-electron chi connectivity index (χ2n) is 9.35. The SMILES string of the molecule is Cc1cccc(C)c1N=CC1=C(P(C(C)(C)C)C(C)(C)C)CCCC1. The van der Waals surface area contributed by atoms with Gasteiger partial charge in [0, 0.05) is 6.21 Å². The van der Waals surface area contributed by atoms with Crippen molar-refractivity contribution in [3.8, 4) is 0 Å². The van der Waals surface area contributed by atoms with Gasteiger partial charge in [0.15, 0.2) is 0 Å². The molecule has 1 nitrogen and oxygen atoms in total. The molecule has 138 valence electrons. The number of allylic oxidation sites excluding steroid dienone is 2. The summed E-state index contributed by atoms with van der Waals surface area (Å²) in [7, 11) is -0.208. The number of aryl methyl sites for hydroxylation is 2. The lowest BCUT2D eigenvalue weighted by atomic mass is 10.00. The van der Waals surface area contributed by atoms with Crippen LogP contribution in [0.25, 0.3) is 0 Å². The Labute approximate surface area is 156 Å². The predicted molar refractivity (Wildman–Crippen MR) is 116 cm³/mol. The van der Waals surface area contributed by atoms with Gasteiger partial charge in [0.2, 0.25) is 0 Å². The fourth-order valence-corrected chi connectivity index (χ4v) is 8.75. The van der Waals surface area contributed by atoms with E-state index in [-0.39, 0.29) is 7.92 Å². The minimum absolute atomic E-state index is 0.208. The van der Waals surface area contributed by atoms with Crippen molar-refractivity contribution in [3.05, 3.63) is 40.2 Å². The van der Waals surface area contributed by atoms with Gasteiger partial charge in [-0.2, -0.15) is 0 Å². The van der Waals surface area contributed by atoms with Crippen LogP contribution in [0, 0.1) is 13.8 Å². The quantitative estimate of drug-likeness (QED) is 0.385. The molecule has 0 N–H and O–H groups in total. The van der Waals surface area contributed by atoms with E-state index in [1.165, 1.54) is 42.4 Å². The molecule has 0 saturated heterocycles. The van der Waals surface area contributed by atoms with Crippen LogP contribution < -0.4 is 0 Å². The number of rotatable bonds is 3. The average molecular weight is 358 g/mol. The normalized spacial score (nSPS) is 17.0. The smallest absolute Gasteiger partial charge is 0.0688 e.